The summed E-state index contributed by atoms with van der Waals surface area (Å²) in [5.41, 5.74) is 2.81. The first kappa shape index (κ1) is 25.8. The summed E-state index contributed by atoms with van der Waals surface area (Å²) in [7, 11) is -1.97. The van der Waals surface area contributed by atoms with E-state index < -0.39 is 8.32 Å². The van der Waals surface area contributed by atoms with Crippen molar-refractivity contribution in [1.82, 2.24) is 0 Å². The Morgan fingerprint density at radius 2 is 1.24 bits per heavy atom. The van der Waals surface area contributed by atoms with E-state index in [1.807, 2.05) is 18.2 Å². The van der Waals surface area contributed by atoms with Gasteiger partial charge in [-0.3, -0.25) is 9.59 Å². The second-order valence-electron chi connectivity index (χ2n) is 9.80. The van der Waals surface area contributed by atoms with Crippen molar-refractivity contribution in [3.8, 4) is 23.0 Å². The molecule has 0 amide bonds. The van der Waals surface area contributed by atoms with E-state index in [-0.39, 0.29) is 17.3 Å². The first-order valence-corrected chi connectivity index (χ1v) is 14.2. The zero-order valence-corrected chi connectivity index (χ0v) is 22.0. The van der Waals surface area contributed by atoms with Gasteiger partial charge in [-0.25, -0.2) is 0 Å². The van der Waals surface area contributed by atoms with E-state index in [1.54, 1.807) is 6.07 Å². The van der Waals surface area contributed by atoms with Crippen LogP contribution in [0.15, 0.2) is 36.4 Å². The lowest BCUT2D eigenvalue weighted by molar-refractivity contribution is 0.0924. The molecular weight excluding hydrogens is 448 g/mol. The second-order valence-corrected chi connectivity index (χ2v) is 15.2. The smallest absolute Gasteiger partial charge is 0.258 e. The molecule has 7 heteroatoms. The van der Waals surface area contributed by atoms with Gasteiger partial charge >= 0.3 is 0 Å². The maximum Gasteiger partial charge on any atom is 0.258 e. The number of fused-ring (bicyclic) bond motifs is 2. The van der Waals surface area contributed by atoms with Crippen LogP contribution < -0.4 is 13.9 Å². The molecule has 0 fully saturated rings. The predicted molar refractivity (Wildman–Crippen MR) is 135 cm³/mol. The number of ketones is 2. The van der Waals surface area contributed by atoms with Crippen LogP contribution in [0.1, 0.15) is 75.1 Å². The van der Waals surface area contributed by atoms with Gasteiger partial charge in [-0.15, -0.1) is 0 Å². The van der Waals surface area contributed by atoms with Crippen LogP contribution in [0.4, 0.5) is 0 Å². The largest absolute Gasteiger partial charge is 0.543 e. The van der Waals surface area contributed by atoms with Gasteiger partial charge < -0.3 is 19.0 Å². The normalized spacial score (nSPS) is 15.2. The highest BCUT2D eigenvalue weighted by atomic mass is 28.4. The van der Waals surface area contributed by atoms with Gasteiger partial charge in [-0.05, 0) is 40.9 Å². The van der Waals surface area contributed by atoms with Crippen molar-refractivity contribution in [2.75, 3.05) is 13.2 Å². The van der Waals surface area contributed by atoms with E-state index in [0.29, 0.717) is 65.3 Å². The molecule has 2 aromatic rings. The molecule has 2 aromatic carbocycles. The molecule has 0 spiro atoms. The SMILES string of the molecule is CC(C)[Si](Oc1ccc2c(c1)OCCC2=O)(C(C)C)C(C)C.O=C1CCOc2cc(O)ccc21. The van der Waals surface area contributed by atoms with Gasteiger partial charge in [0.2, 0.25) is 0 Å². The molecule has 2 aliphatic heterocycles. The summed E-state index contributed by atoms with van der Waals surface area (Å²) in [6.07, 6.45) is 0.896. The fourth-order valence-corrected chi connectivity index (χ4v) is 10.4. The standard InChI is InChI=1S/C18H28O3Si.C9H8O3/c1-12(2)22(13(3)4,14(5)6)21-15-7-8-16-17(19)9-10-20-18(16)11-15;10-6-1-2-7-8(11)3-4-12-9(7)5-6/h7-8,11-14H,9-10H2,1-6H3;1-2,5,10H,3-4H2. The fraction of sp³-hybridized carbons (Fsp3) is 0.481. The van der Waals surface area contributed by atoms with E-state index in [2.05, 4.69) is 41.5 Å². The summed E-state index contributed by atoms with van der Waals surface area (Å²) in [6, 6.07) is 10.2. The van der Waals surface area contributed by atoms with Crippen molar-refractivity contribution in [1.29, 1.82) is 0 Å². The minimum Gasteiger partial charge on any atom is -0.543 e. The molecule has 34 heavy (non-hydrogen) atoms. The second kappa shape index (κ2) is 10.6. The number of hydrogen-bond donors (Lipinski definition) is 1. The summed E-state index contributed by atoms with van der Waals surface area (Å²) in [6.45, 7) is 14.5. The van der Waals surface area contributed by atoms with Crippen molar-refractivity contribution in [2.24, 2.45) is 0 Å². The van der Waals surface area contributed by atoms with Crippen LogP contribution in [0.25, 0.3) is 0 Å². The number of carbonyl (C=O) groups is 2. The Labute approximate surface area is 203 Å². The number of ether oxygens (including phenoxy) is 2. The van der Waals surface area contributed by atoms with Crippen LogP contribution in [0.5, 0.6) is 23.0 Å². The third kappa shape index (κ3) is 5.30. The summed E-state index contributed by atoms with van der Waals surface area (Å²) in [4.78, 5) is 23.1. The van der Waals surface area contributed by atoms with Crippen LogP contribution in [0.2, 0.25) is 16.6 Å². The van der Waals surface area contributed by atoms with Gasteiger partial charge in [0.05, 0.1) is 24.3 Å². The molecule has 2 aliphatic rings. The maximum absolute atomic E-state index is 11.9. The molecule has 0 atom stereocenters. The number of hydrogen-bond acceptors (Lipinski definition) is 6. The van der Waals surface area contributed by atoms with E-state index in [0.717, 1.165) is 5.75 Å². The molecule has 0 saturated carbocycles. The number of aromatic hydroxyl groups is 1. The molecule has 0 saturated heterocycles. The Hall–Kier alpha value is -2.80. The number of rotatable bonds is 5. The summed E-state index contributed by atoms with van der Waals surface area (Å²) in [5.74, 6) is 2.38. The van der Waals surface area contributed by atoms with Gasteiger partial charge in [-0.1, -0.05) is 41.5 Å². The lowest BCUT2D eigenvalue weighted by Gasteiger charge is -2.42. The van der Waals surface area contributed by atoms with Crippen LogP contribution >= 0.6 is 0 Å². The van der Waals surface area contributed by atoms with Crippen LogP contribution in [0, 0.1) is 0 Å². The van der Waals surface area contributed by atoms with Gasteiger partial charge in [0.25, 0.3) is 8.32 Å². The quantitative estimate of drug-likeness (QED) is 0.484. The average molecular weight is 485 g/mol. The first-order valence-electron chi connectivity index (χ1n) is 12.0. The molecule has 0 aliphatic carbocycles. The number of carbonyl (C=O) groups excluding carboxylic acids is 2. The average Bonchev–Trinajstić information content (AvgIpc) is 2.77. The molecule has 0 unspecified atom stereocenters. The summed E-state index contributed by atoms with van der Waals surface area (Å²) >= 11 is 0. The predicted octanol–water partition coefficient (Wildman–Crippen LogP) is 6.56. The molecular formula is C27H36O6Si. The highest BCUT2D eigenvalue weighted by molar-refractivity contribution is 6.78. The van der Waals surface area contributed by atoms with Gasteiger partial charge in [0.1, 0.15) is 23.0 Å². The Kier molecular flexibility index (Phi) is 8.07. The molecule has 0 bridgehead atoms. The molecule has 0 radical (unpaired) electrons. The molecule has 1 N–H and O–H groups in total. The van der Waals surface area contributed by atoms with E-state index in [9.17, 15) is 9.59 Å². The Morgan fingerprint density at radius 1 is 0.765 bits per heavy atom. The van der Waals surface area contributed by atoms with Crippen LogP contribution in [-0.4, -0.2) is 38.2 Å². The van der Waals surface area contributed by atoms with Crippen molar-refractivity contribution in [3.63, 3.8) is 0 Å². The van der Waals surface area contributed by atoms with E-state index >= 15 is 0 Å². The highest BCUT2D eigenvalue weighted by Crippen LogP contribution is 2.43. The molecule has 2 heterocycles. The zero-order valence-electron chi connectivity index (χ0n) is 21.0. The number of phenols is 1. The number of Topliss-reactive ketones (excluding diaryl/α,β-unsaturated/α-hetero) is 2. The Bertz CT molecular complexity index is 1020. The third-order valence-corrected chi connectivity index (χ3v) is 12.7. The Balaban J connectivity index is 0.000000226. The van der Waals surface area contributed by atoms with Crippen LogP contribution in [-0.2, 0) is 0 Å². The minimum absolute atomic E-state index is 0.0799. The van der Waals surface area contributed by atoms with Gasteiger partial charge in [0, 0.05) is 25.0 Å². The molecule has 6 nitrogen and oxygen atoms in total. The van der Waals surface area contributed by atoms with Crippen molar-refractivity contribution < 1.29 is 28.6 Å². The number of benzene rings is 2. The van der Waals surface area contributed by atoms with Crippen molar-refractivity contribution >= 4 is 19.9 Å². The minimum atomic E-state index is -1.97. The fourth-order valence-electron chi connectivity index (χ4n) is 5.11. The zero-order chi connectivity index (χ0) is 25.0. The highest BCUT2D eigenvalue weighted by Gasteiger charge is 2.47. The Morgan fingerprint density at radius 3 is 1.74 bits per heavy atom. The lowest BCUT2D eigenvalue weighted by Crippen LogP contribution is -2.50. The summed E-state index contributed by atoms with van der Waals surface area (Å²) in [5, 5.41) is 9.08. The van der Waals surface area contributed by atoms with Gasteiger partial charge in [-0.2, -0.15) is 0 Å². The monoisotopic (exact) mass is 484 g/mol. The van der Waals surface area contributed by atoms with Crippen molar-refractivity contribution in [2.45, 2.75) is 71.0 Å². The van der Waals surface area contributed by atoms with Crippen molar-refractivity contribution in [3.05, 3.63) is 47.5 Å². The van der Waals surface area contributed by atoms with Crippen LogP contribution in [0.3, 0.4) is 0 Å². The topological polar surface area (TPSA) is 82.1 Å². The van der Waals surface area contributed by atoms with Gasteiger partial charge in [0.15, 0.2) is 11.6 Å². The first-order chi connectivity index (χ1) is 16.1. The summed E-state index contributed by atoms with van der Waals surface area (Å²) < 4.78 is 17.5. The van der Waals surface area contributed by atoms with E-state index in [4.69, 9.17) is 19.0 Å². The lowest BCUT2D eigenvalue weighted by atomic mass is 10.1. The number of phenolic OH excluding ortho intramolecular Hbond substituents is 1. The molecule has 0 aromatic heterocycles. The molecule has 184 valence electrons. The molecule has 4 rings (SSSR count). The maximum atomic E-state index is 11.9. The third-order valence-electron chi connectivity index (χ3n) is 6.69. The van der Waals surface area contributed by atoms with E-state index in [1.165, 1.54) is 12.1 Å².